The zero-order valence-electron chi connectivity index (χ0n) is 16.2. The van der Waals surface area contributed by atoms with Gasteiger partial charge in [-0.25, -0.2) is 4.79 Å². The number of para-hydroxylation sites is 2. The third-order valence-corrected chi connectivity index (χ3v) is 6.30. The summed E-state index contributed by atoms with van der Waals surface area (Å²) in [5, 5.41) is 9.03. The summed E-state index contributed by atoms with van der Waals surface area (Å²) in [4.78, 5) is 14.6. The van der Waals surface area contributed by atoms with E-state index in [-0.39, 0.29) is 5.76 Å². The Morgan fingerprint density at radius 2 is 1.86 bits per heavy atom. The molecule has 0 radical (unpaired) electrons. The number of nitrogens with zero attached hydrogens (tertiary/aromatic N) is 5. The molecule has 5 rings (SSSR count). The van der Waals surface area contributed by atoms with Gasteiger partial charge in [0, 0.05) is 32.0 Å². The van der Waals surface area contributed by atoms with E-state index in [0.717, 1.165) is 51.0 Å². The molecule has 2 aromatic heterocycles. The molecule has 28 heavy (non-hydrogen) atoms. The van der Waals surface area contributed by atoms with Crippen molar-refractivity contribution in [3.63, 3.8) is 0 Å². The topological polar surface area (TPSA) is 69.1 Å². The van der Waals surface area contributed by atoms with Crippen LogP contribution in [0.1, 0.15) is 49.7 Å². The van der Waals surface area contributed by atoms with Gasteiger partial charge in [0.1, 0.15) is 11.6 Å². The summed E-state index contributed by atoms with van der Waals surface area (Å²) in [6, 6.07) is 7.63. The van der Waals surface area contributed by atoms with Crippen molar-refractivity contribution in [3.8, 4) is 0 Å². The summed E-state index contributed by atoms with van der Waals surface area (Å²) >= 11 is 0. The lowest BCUT2D eigenvalue weighted by Gasteiger charge is -2.31. The van der Waals surface area contributed by atoms with Crippen LogP contribution in [0.3, 0.4) is 0 Å². The van der Waals surface area contributed by atoms with Crippen molar-refractivity contribution in [1.82, 2.24) is 24.2 Å². The standard InChI is InChI=1S/C21H27N5O2/c27-21-25(17-6-3-4-7-18(17)28-21)15-14-24-12-9-16(10-13-24)20-23-22-19-8-2-1-5-11-26(19)20/h3-4,6-7,16H,1-2,5,8-15H2. The highest BCUT2D eigenvalue weighted by molar-refractivity contribution is 5.72. The number of oxazole rings is 1. The molecule has 148 valence electrons. The third kappa shape index (κ3) is 3.28. The number of hydrogen-bond donors (Lipinski definition) is 0. The molecule has 0 amide bonds. The second kappa shape index (κ2) is 7.54. The molecule has 2 aliphatic heterocycles. The van der Waals surface area contributed by atoms with E-state index in [4.69, 9.17) is 4.42 Å². The molecule has 0 bridgehead atoms. The molecule has 1 saturated heterocycles. The molecule has 1 fully saturated rings. The van der Waals surface area contributed by atoms with Crippen LogP contribution in [0.25, 0.3) is 11.1 Å². The van der Waals surface area contributed by atoms with Crippen molar-refractivity contribution in [2.75, 3.05) is 19.6 Å². The van der Waals surface area contributed by atoms with Crippen molar-refractivity contribution < 1.29 is 4.42 Å². The molecule has 7 heteroatoms. The minimum Gasteiger partial charge on any atom is -0.408 e. The average Bonchev–Trinajstić information content (AvgIpc) is 3.17. The van der Waals surface area contributed by atoms with Gasteiger partial charge in [-0.15, -0.1) is 10.2 Å². The predicted molar refractivity (Wildman–Crippen MR) is 106 cm³/mol. The van der Waals surface area contributed by atoms with Crippen LogP contribution in [0, 0.1) is 0 Å². The molecule has 3 aromatic rings. The second-order valence-electron chi connectivity index (χ2n) is 8.04. The molecule has 1 aromatic carbocycles. The highest BCUT2D eigenvalue weighted by atomic mass is 16.4. The molecule has 7 nitrogen and oxygen atoms in total. The van der Waals surface area contributed by atoms with Gasteiger partial charge in [-0.1, -0.05) is 18.6 Å². The highest BCUT2D eigenvalue weighted by Gasteiger charge is 2.26. The number of benzene rings is 1. The Morgan fingerprint density at radius 1 is 1.00 bits per heavy atom. The summed E-state index contributed by atoms with van der Waals surface area (Å²) in [6.07, 6.45) is 7.06. The Bertz CT molecular complexity index is 1010. The fraction of sp³-hybridized carbons (Fsp3) is 0.571. The predicted octanol–water partition coefficient (Wildman–Crippen LogP) is 2.79. The van der Waals surface area contributed by atoms with E-state index in [0.29, 0.717) is 18.0 Å². The van der Waals surface area contributed by atoms with Crippen LogP contribution in [0.5, 0.6) is 0 Å². The van der Waals surface area contributed by atoms with E-state index in [2.05, 4.69) is 19.7 Å². The maximum absolute atomic E-state index is 12.1. The van der Waals surface area contributed by atoms with Crippen LogP contribution in [0.4, 0.5) is 0 Å². The first kappa shape index (κ1) is 17.7. The Labute approximate surface area is 164 Å². The molecule has 4 heterocycles. The van der Waals surface area contributed by atoms with Gasteiger partial charge in [-0.3, -0.25) is 4.57 Å². The van der Waals surface area contributed by atoms with Crippen molar-refractivity contribution in [2.24, 2.45) is 0 Å². The first-order valence-corrected chi connectivity index (χ1v) is 10.5. The normalized spacial score (nSPS) is 19.0. The van der Waals surface area contributed by atoms with Crippen LogP contribution in [-0.4, -0.2) is 43.9 Å². The van der Waals surface area contributed by atoms with E-state index >= 15 is 0 Å². The SMILES string of the molecule is O=c1oc2ccccc2n1CCN1CCC(c2nnc3n2CCCCC3)CC1. The van der Waals surface area contributed by atoms with Crippen LogP contribution < -0.4 is 5.76 Å². The molecule has 0 unspecified atom stereocenters. The number of aryl methyl sites for hydroxylation is 1. The van der Waals surface area contributed by atoms with Crippen molar-refractivity contribution in [3.05, 3.63) is 46.5 Å². The maximum Gasteiger partial charge on any atom is 0.419 e. The number of fused-ring (bicyclic) bond motifs is 2. The van der Waals surface area contributed by atoms with Gasteiger partial charge < -0.3 is 13.9 Å². The number of aromatic nitrogens is 4. The van der Waals surface area contributed by atoms with Gasteiger partial charge in [-0.05, 0) is 50.9 Å². The summed E-state index contributed by atoms with van der Waals surface area (Å²) in [5.74, 6) is 2.63. The van der Waals surface area contributed by atoms with Gasteiger partial charge in [0.15, 0.2) is 5.58 Å². The monoisotopic (exact) mass is 381 g/mol. The maximum atomic E-state index is 12.1. The Kier molecular flexibility index (Phi) is 4.76. The molecule has 0 spiro atoms. The van der Waals surface area contributed by atoms with Crippen LogP contribution in [0.2, 0.25) is 0 Å². The fourth-order valence-corrected chi connectivity index (χ4v) is 4.69. The van der Waals surface area contributed by atoms with Gasteiger partial charge in [0.05, 0.1) is 5.52 Å². The van der Waals surface area contributed by atoms with Gasteiger partial charge in [0.2, 0.25) is 0 Å². The minimum atomic E-state index is -0.262. The lowest BCUT2D eigenvalue weighted by Crippen LogP contribution is -2.36. The van der Waals surface area contributed by atoms with Gasteiger partial charge >= 0.3 is 5.76 Å². The largest absolute Gasteiger partial charge is 0.419 e. The Hall–Kier alpha value is -2.41. The third-order valence-electron chi connectivity index (χ3n) is 6.30. The molecular formula is C21H27N5O2. The van der Waals surface area contributed by atoms with E-state index in [9.17, 15) is 4.79 Å². The first-order chi connectivity index (χ1) is 13.8. The summed E-state index contributed by atoms with van der Waals surface area (Å²) in [5.41, 5.74) is 1.55. The minimum absolute atomic E-state index is 0.262. The van der Waals surface area contributed by atoms with Gasteiger partial charge in [-0.2, -0.15) is 0 Å². The van der Waals surface area contributed by atoms with Crippen molar-refractivity contribution >= 4 is 11.1 Å². The molecule has 0 saturated carbocycles. The van der Waals surface area contributed by atoms with Crippen LogP contribution >= 0.6 is 0 Å². The average molecular weight is 381 g/mol. The van der Waals surface area contributed by atoms with Crippen molar-refractivity contribution in [1.29, 1.82) is 0 Å². The molecular weight excluding hydrogens is 354 g/mol. The van der Waals surface area contributed by atoms with E-state index in [1.165, 1.54) is 30.9 Å². The highest BCUT2D eigenvalue weighted by Crippen LogP contribution is 2.28. The van der Waals surface area contributed by atoms with Crippen molar-refractivity contribution in [2.45, 2.75) is 57.5 Å². The molecule has 0 N–H and O–H groups in total. The lowest BCUT2D eigenvalue weighted by atomic mass is 9.96. The number of hydrogen-bond acceptors (Lipinski definition) is 5. The number of piperidine rings is 1. The van der Waals surface area contributed by atoms with E-state index in [1.807, 2.05) is 24.3 Å². The Morgan fingerprint density at radius 3 is 2.75 bits per heavy atom. The molecule has 0 aliphatic carbocycles. The number of likely N-dealkylation sites (tertiary alicyclic amines) is 1. The first-order valence-electron chi connectivity index (χ1n) is 10.5. The number of rotatable bonds is 4. The quantitative estimate of drug-likeness (QED) is 0.695. The van der Waals surface area contributed by atoms with E-state index in [1.54, 1.807) is 4.57 Å². The Balaban J connectivity index is 1.21. The summed E-state index contributed by atoms with van der Waals surface area (Å²) in [7, 11) is 0. The fourth-order valence-electron chi connectivity index (χ4n) is 4.69. The van der Waals surface area contributed by atoms with Crippen LogP contribution in [0.15, 0.2) is 33.5 Å². The molecule has 2 aliphatic rings. The second-order valence-corrected chi connectivity index (χ2v) is 8.04. The van der Waals surface area contributed by atoms with Crippen LogP contribution in [-0.2, 0) is 19.5 Å². The smallest absolute Gasteiger partial charge is 0.408 e. The zero-order chi connectivity index (χ0) is 18.9. The molecule has 0 atom stereocenters. The zero-order valence-corrected chi connectivity index (χ0v) is 16.2. The van der Waals surface area contributed by atoms with E-state index < -0.39 is 0 Å². The lowest BCUT2D eigenvalue weighted by molar-refractivity contribution is 0.199. The summed E-state index contributed by atoms with van der Waals surface area (Å²) < 4.78 is 9.48. The van der Waals surface area contributed by atoms with Gasteiger partial charge in [0.25, 0.3) is 0 Å². The summed E-state index contributed by atoms with van der Waals surface area (Å²) in [6.45, 7) is 4.69.